The number of aryl methyl sites for hydroxylation is 1. The summed E-state index contributed by atoms with van der Waals surface area (Å²) >= 11 is 1.36. The van der Waals surface area contributed by atoms with Crippen molar-refractivity contribution in [3.8, 4) is 0 Å². The number of amides is 2. The van der Waals surface area contributed by atoms with Crippen LogP contribution in [0.2, 0.25) is 0 Å². The van der Waals surface area contributed by atoms with Gasteiger partial charge in [-0.3, -0.25) is 14.5 Å². The first-order valence-corrected chi connectivity index (χ1v) is 8.22. The molecule has 122 valence electrons. The zero-order chi connectivity index (χ0) is 16.7. The summed E-state index contributed by atoms with van der Waals surface area (Å²) in [5, 5.41) is 7.93. The van der Waals surface area contributed by atoms with Crippen LogP contribution in [0.5, 0.6) is 0 Å². The molecule has 0 saturated carbocycles. The van der Waals surface area contributed by atoms with Gasteiger partial charge in [0.1, 0.15) is 0 Å². The second-order valence-corrected chi connectivity index (χ2v) is 6.01. The van der Waals surface area contributed by atoms with E-state index >= 15 is 0 Å². The highest BCUT2D eigenvalue weighted by molar-refractivity contribution is 7.13. The lowest BCUT2D eigenvalue weighted by Crippen LogP contribution is -2.36. The Bertz CT molecular complexity index is 658. The molecule has 7 heteroatoms. The standard InChI is InChI=1S/C16H20N4O2S/c1-3-12-6-4-5-7-13(12)18-14(21)10-20(2)11-15(22)19-16-17-8-9-23-16/h4-9H,3,10-11H2,1-2H3,(H,18,21)(H,17,19,22). The highest BCUT2D eigenvalue weighted by atomic mass is 32.1. The first-order valence-electron chi connectivity index (χ1n) is 7.34. The topological polar surface area (TPSA) is 74.3 Å². The molecule has 0 aliphatic heterocycles. The van der Waals surface area contributed by atoms with Crippen LogP contribution in [-0.4, -0.2) is 41.8 Å². The third kappa shape index (κ3) is 5.46. The Morgan fingerprint density at radius 3 is 2.52 bits per heavy atom. The molecule has 6 nitrogen and oxygen atoms in total. The number of likely N-dealkylation sites (N-methyl/N-ethyl adjacent to an activating group) is 1. The SMILES string of the molecule is CCc1ccccc1NC(=O)CN(C)CC(=O)Nc1nccs1. The molecule has 23 heavy (non-hydrogen) atoms. The van der Waals surface area contributed by atoms with Gasteiger partial charge in [-0.15, -0.1) is 11.3 Å². The van der Waals surface area contributed by atoms with Crippen molar-refractivity contribution in [2.24, 2.45) is 0 Å². The first kappa shape index (κ1) is 17.1. The lowest BCUT2D eigenvalue weighted by Gasteiger charge is -2.16. The summed E-state index contributed by atoms with van der Waals surface area (Å²) in [7, 11) is 1.73. The van der Waals surface area contributed by atoms with Gasteiger partial charge in [-0.1, -0.05) is 25.1 Å². The van der Waals surface area contributed by atoms with Gasteiger partial charge < -0.3 is 10.6 Å². The molecular formula is C16H20N4O2S. The van der Waals surface area contributed by atoms with E-state index in [0.717, 1.165) is 17.7 Å². The smallest absolute Gasteiger partial charge is 0.240 e. The van der Waals surface area contributed by atoms with Crippen molar-refractivity contribution in [3.63, 3.8) is 0 Å². The lowest BCUT2D eigenvalue weighted by atomic mass is 10.1. The molecule has 2 rings (SSSR count). The predicted octanol–water partition coefficient (Wildman–Crippen LogP) is 2.21. The number of para-hydroxylation sites is 1. The summed E-state index contributed by atoms with van der Waals surface area (Å²) in [6.45, 7) is 2.31. The van der Waals surface area contributed by atoms with Crippen LogP contribution in [-0.2, 0) is 16.0 Å². The molecule has 2 aromatic rings. The van der Waals surface area contributed by atoms with Crippen LogP contribution in [0.25, 0.3) is 0 Å². The van der Waals surface area contributed by atoms with Gasteiger partial charge in [-0.2, -0.15) is 0 Å². The molecule has 0 atom stereocenters. The summed E-state index contributed by atoms with van der Waals surface area (Å²) in [6, 6.07) is 7.70. The molecule has 1 heterocycles. The number of anilines is 2. The number of hydrogen-bond donors (Lipinski definition) is 2. The number of nitrogens with zero attached hydrogens (tertiary/aromatic N) is 2. The predicted molar refractivity (Wildman–Crippen MR) is 92.7 cm³/mol. The fraction of sp³-hybridized carbons (Fsp3) is 0.312. The van der Waals surface area contributed by atoms with Crippen LogP contribution < -0.4 is 10.6 Å². The highest BCUT2D eigenvalue weighted by Crippen LogP contribution is 2.15. The number of hydrogen-bond acceptors (Lipinski definition) is 5. The fourth-order valence-corrected chi connectivity index (χ4v) is 2.68. The minimum atomic E-state index is -0.191. The third-order valence-electron chi connectivity index (χ3n) is 3.18. The Morgan fingerprint density at radius 2 is 1.87 bits per heavy atom. The van der Waals surface area contributed by atoms with Crippen molar-refractivity contribution in [1.29, 1.82) is 0 Å². The van der Waals surface area contributed by atoms with E-state index in [1.54, 1.807) is 23.5 Å². The van der Waals surface area contributed by atoms with E-state index in [0.29, 0.717) is 5.13 Å². The summed E-state index contributed by atoms with van der Waals surface area (Å²) in [5.74, 6) is -0.334. The molecule has 0 saturated heterocycles. The molecule has 0 aliphatic rings. The van der Waals surface area contributed by atoms with Crippen molar-refractivity contribution in [1.82, 2.24) is 9.88 Å². The third-order valence-corrected chi connectivity index (χ3v) is 3.87. The number of thiazole rings is 1. The largest absolute Gasteiger partial charge is 0.325 e. The Morgan fingerprint density at radius 1 is 1.17 bits per heavy atom. The van der Waals surface area contributed by atoms with E-state index in [1.807, 2.05) is 31.2 Å². The number of rotatable bonds is 7. The summed E-state index contributed by atoms with van der Waals surface area (Å²) < 4.78 is 0. The number of benzene rings is 1. The van der Waals surface area contributed by atoms with Crippen LogP contribution in [0.3, 0.4) is 0 Å². The second-order valence-electron chi connectivity index (χ2n) is 5.12. The van der Waals surface area contributed by atoms with Gasteiger partial charge in [0.15, 0.2) is 5.13 Å². The number of aromatic nitrogens is 1. The second kappa shape index (κ2) is 8.40. The quantitative estimate of drug-likeness (QED) is 0.815. The maximum Gasteiger partial charge on any atom is 0.240 e. The van der Waals surface area contributed by atoms with Crippen molar-refractivity contribution in [3.05, 3.63) is 41.4 Å². The monoisotopic (exact) mass is 332 g/mol. The molecule has 1 aromatic carbocycles. The minimum Gasteiger partial charge on any atom is -0.325 e. The van der Waals surface area contributed by atoms with Gasteiger partial charge >= 0.3 is 0 Å². The highest BCUT2D eigenvalue weighted by Gasteiger charge is 2.12. The molecule has 1 aromatic heterocycles. The molecule has 2 N–H and O–H groups in total. The molecule has 0 radical (unpaired) electrons. The van der Waals surface area contributed by atoms with Crippen molar-refractivity contribution in [2.75, 3.05) is 30.8 Å². The number of carbonyl (C=O) groups is 2. The van der Waals surface area contributed by atoms with Gasteiger partial charge in [0.2, 0.25) is 11.8 Å². The van der Waals surface area contributed by atoms with E-state index in [-0.39, 0.29) is 24.9 Å². The zero-order valence-electron chi connectivity index (χ0n) is 13.2. The number of nitrogens with one attached hydrogen (secondary N) is 2. The van der Waals surface area contributed by atoms with E-state index in [4.69, 9.17) is 0 Å². The van der Waals surface area contributed by atoms with Gasteiger partial charge in [0.05, 0.1) is 13.1 Å². The van der Waals surface area contributed by atoms with E-state index in [9.17, 15) is 9.59 Å². The van der Waals surface area contributed by atoms with Crippen molar-refractivity contribution >= 4 is 34.0 Å². The Hall–Kier alpha value is -2.25. The zero-order valence-corrected chi connectivity index (χ0v) is 14.0. The number of carbonyl (C=O) groups excluding carboxylic acids is 2. The van der Waals surface area contributed by atoms with Crippen LogP contribution in [0.15, 0.2) is 35.8 Å². The molecule has 0 spiro atoms. The van der Waals surface area contributed by atoms with Crippen LogP contribution in [0.4, 0.5) is 10.8 Å². The van der Waals surface area contributed by atoms with Crippen molar-refractivity contribution in [2.45, 2.75) is 13.3 Å². The van der Waals surface area contributed by atoms with Gasteiger partial charge in [-0.05, 0) is 25.1 Å². The maximum atomic E-state index is 12.1. The van der Waals surface area contributed by atoms with Gasteiger partial charge in [0.25, 0.3) is 0 Å². The first-order chi connectivity index (χ1) is 11.1. The maximum absolute atomic E-state index is 12.1. The summed E-state index contributed by atoms with van der Waals surface area (Å²) in [5.41, 5.74) is 1.91. The normalized spacial score (nSPS) is 10.6. The fourth-order valence-electron chi connectivity index (χ4n) is 2.13. The molecule has 2 amide bonds. The molecule has 0 bridgehead atoms. The summed E-state index contributed by atoms with van der Waals surface area (Å²) in [6.07, 6.45) is 2.48. The van der Waals surface area contributed by atoms with Gasteiger partial charge in [-0.25, -0.2) is 4.98 Å². The summed E-state index contributed by atoms with van der Waals surface area (Å²) in [4.78, 5) is 29.6. The molecule has 0 fully saturated rings. The lowest BCUT2D eigenvalue weighted by molar-refractivity contribution is -0.119. The van der Waals surface area contributed by atoms with E-state index in [1.165, 1.54) is 11.3 Å². The van der Waals surface area contributed by atoms with Gasteiger partial charge in [0, 0.05) is 17.3 Å². The average molecular weight is 332 g/mol. The average Bonchev–Trinajstić information content (AvgIpc) is 3.00. The Kier molecular flexibility index (Phi) is 6.25. The van der Waals surface area contributed by atoms with E-state index in [2.05, 4.69) is 15.6 Å². The molecule has 0 aliphatic carbocycles. The molecule has 0 unspecified atom stereocenters. The van der Waals surface area contributed by atoms with Crippen LogP contribution in [0.1, 0.15) is 12.5 Å². The Labute approximate surface area is 139 Å². The van der Waals surface area contributed by atoms with E-state index < -0.39 is 0 Å². The van der Waals surface area contributed by atoms with Crippen LogP contribution in [0, 0.1) is 0 Å². The minimum absolute atomic E-state index is 0.127. The van der Waals surface area contributed by atoms with Crippen molar-refractivity contribution < 1.29 is 9.59 Å². The van der Waals surface area contributed by atoms with Crippen LogP contribution >= 0.6 is 11.3 Å². The Balaban J connectivity index is 1.81. The molecular weight excluding hydrogens is 312 g/mol.